The van der Waals surface area contributed by atoms with Crippen molar-refractivity contribution < 1.29 is 18.4 Å². The van der Waals surface area contributed by atoms with Crippen molar-refractivity contribution in [1.82, 2.24) is 25.3 Å². The fourth-order valence-electron chi connectivity index (χ4n) is 4.55. The molecule has 0 bridgehead atoms. The lowest BCUT2D eigenvalue weighted by atomic mass is 9.95. The number of halogens is 1. The molecule has 0 radical (unpaired) electrons. The number of benzene rings is 2. The summed E-state index contributed by atoms with van der Waals surface area (Å²) in [4.78, 5) is 29.7. The highest BCUT2D eigenvalue weighted by molar-refractivity contribution is 5.89. The van der Waals surface area contributed by atoms with E-state index in [0.717, 1.165) is 11.1 Å². The van der Waals surface area contributed by atoms with Gasteiger partial charge in [0.1, 0.15) is 18.6 Å². The van der Waals surface area contributed by atoms with E-state index in [4.69, 9.17) is 4.42 Å². The SMILES string of the molecule is CC(C)c1ccc([C@@H](NC(=O)[C@@H]2C[C@@H](F)CN2C(=O)Cc2nnc(CN(C)C)o2)c2ccccc2)cc1. The molecule has 2 heterocycles. The zero-order valence-corrected chi connectivity index (χ0v) is 21.7. The molecule has 3 aromatic rings. The molecule has 1 aliphatic heterocycles. The first-order valence-corrected chi connectivity index (χ1v) is 12.6. The Balaban J connectivity index is 1.51. The number of nitrogens with zero attached hydrogens (tertiary/aromatic N) is 4. The molecule has 0 saturated carbocycles. The average Bonchev–Trinajstić information content (AvgIpc) is 3.48. The van der Waals surface area contributed by atoms with Crippen molar-refractivity contribution in [2.24, 2.45) is 0 Å². The molecular weight excluding hydrogens is 473 g/mol. The molecule has 0 aliphatic carbocycles. The zero-order chi connectivity index (χ0) is 26.5. The van der Waals surface area contributed by atoms with E-state index in [9.17, 15) is 14.0 Å². The molecule has 196 valence electrons. The van der Waals surface area contributed by atoms with Crippen LogP contribution in [0.3, 0.4) is 0 Å². The Kier molecular flexibility index (Phi) is 8.33. The molecule has 1 aromatic heterocycles. The van der Waals surface area contributed by atoms with Gasteiger partial charge in [0.15, 0.2) is 0 Å². The highest BCUT2D eigenvalue weighted by Crippen LogP contribution is 2.27. The van der Waals surface area contributed by atoms with E-state index in [1.807, 2.05) is 61.5 Å². The summed E-state index contributed by atoms with van der Waals surface area (Å²) < 4.78 is 20.1. The first kappa shape index (κ1) is 26.5. The van der Waals surface area contributed by atoms with Crippen LogP contribution in [0.15, 0.2) is 59.0 Å². The second-order valence-corrected chi connectivity index (χ2v) is 10.1. The van der Waals surface area contributed by atoms with Crippen molar-refractivity contribution in [3.63, 3.8) is 0 Å². The molecule has 2 aromatic carbocycles. The van der Waals surface area contributed by atoms with Crippen LogP contribution in [0.2, 0.25) is 0 Å². The summed E-state index contributed by atoms with van der Waals surface area (Å²) >= 11 is 0. The zero-order valence-electron chi connectivity index (χ0n) is 21.7. The van der Waals surface area contributed by atoms with Crippen LogP contribution in [0.1, 0.15) is 60.7 Å². The minimum Gasteiger partial charge on any atom is -0.423 e. The highest BCUT2D eigenvalue weighted by Gasteiger charge is 2.40. The molecule has 1 fully saturated rings. The van der Waals surface area contributed by atoms with Crippen LogP contribution >= 0.6 is 0 Å². The van der Waals surface area contributed by atoms with Gasteiger partial charge in [0, 0.05) is 6.42 Å². The summed E-state index contributed by atoms with van der Waals surface area (Å²) in [5, 5.41) is 11.0. The molecule has 0 spiro atoms. The maximum Gasteiger partial charge on any atom is 0.243 e. The molecule has 1 aliphatic rings. The number of rotatable bonds is 9. The smallest absolute Gasteiger partial charge is 0.243 e. The van der Waals surface area contributed by atoms with Gasteiger partial charge in [-0.25, -0.2) is 4.39 Å². The summed E-state index contributed by atoms with van der Waals surface area (Å²) in [7, 11) is 3.73. The normalized spacial score (nSPS) is 18.4. The van der Waals surface area contributed by atoms with Crippen molar-refractivity contribution >= 4 is 11.8 Å². The van der Waals surface area contributed by atoms with Crippen molar-refractivity contribution in [3.05, 3.63) is 83.1 Å². The third-order valence-electron chi connectivity index (χ3n) is 6.49. The van der Waals surface area contributed by atoms with Crippen LogP contribution < -0.4 is 5.32 Å². The first-order chi connectivity index (χ1) is 17.7. The lowest BCUT2D eigenvalue weighted by Gasteiger charge is -2.27. The molecule has 2 amide bonds. The van der Waals surface area contributed by atoms with Crippen molar-refractivity contribution in [3.8, 4) is 0 Å². The lowest BCUT2D eigenvalue weighted by Crippen LogP contribution is -2.47. The first-order valence-electron chi connectivity index (χ1n) is 12.6. The topological polar surface area (TPSA) is 91.6 Å². The van der Waals surface area contributed by atoms with Crippen LogP contribution in [-0.2, 0) is 22.6 Å². The van der Waals surface area contributed by atoms with Gasteiger partial charge in [-0.15, -0.1) is 10.2 Å². The Morgan fingerprint density at radius 2 is 1.65 bits per heavy atom. The van der Waals surface area contributed by atoms with Gasteiger partial charge in [0.05, 0.1) is 19.1 Å². The highest BCUT2D eigenvalue weighted by atomic mass is 19.1. The molecule has 1 N–H and O–H groups in total. The third kappa shape index (κ3) is 6.60. The predicted octanol–water partition coefficient (Wildman–Crippen LogP) is 3.64. The number of amides is 2. The quantitative estimate of drug-likeness (QED) is 0.476. The second kappa shape index (κ2) is 11.6. The number of likely N-dealkylation sites (tertiary alicyclic amines) is 1. The molecule has 37 heavy (non-hydrogen) atoms. The number of alkyl halides is 1. The fourth-order valence-corrected chi connectivity index (χ4v) is 4.55. The standard InChI is InChI=1S/C28H34FN5O3/c1-18(2)19-10-12-21(13-11-19)27(20-8-6-5-7-9-20)30-28(36)23-14-22(29)16-34(23)26(35)15-24-31-32-25(37-24)17-33(3)4/h5-13,18,22-23,27H,14-17H2,1-4H3,(H,30,36)/t22-,23+,27+/m1/s1. The third-order valence-corrected chi connectivity index (χ3v) is 6.49. The summed E-state index contributed by atoms with van der Waals surface area (Å²) in [6.45, 7) is 4.56. The van der Waals surface area contributed by atoms with E-state index in [1.165, 1.54) is 10.5 Å². The maximum atomic E-state index is 14.5. The average molecular weight is 508 g/mol. The molecule has 9 heteroatoms. The molecule has 8 nitrogen and oxygen atoms in total. The number of hydrogen-bond donors (Lipinski definition) is 1. The molecule has 0 unspecified atom stereocenters. The van der Waals surface area contributed by atoms with Gasteiger partial charge in [-0.05, 0) is 36.7 Å². The minimum absolute atomic E-state index is 0.0545. The van der Waals surface area contributed by atoms with Crippen LogP contribution in [0, 0.1) is 0 Å². The second-order valence-electron chi connectivity index (χ2n) is 10.1. The van der Waals surface area contributed by atoms with E-state index < -0.39 is 30.1 Å². The Morgan fingerprint density at radius 3 is 2.30 bits per heavy atom. The Bertz CT molecular complexity index is 1200. The Labute approximate surface area is 216 Å². The summed E-state index contributed by atoms with van der Waals surface area (Å²) in [5.74, 6) is 0.111. The van der Waals surface area contributed by atoms with Crippen LogP contribution in [0.25, 0.3) is 0 Å². The van der Waals surface area contributed by atoms with Gasteiger partial charge in [-0.2, -0.15) is 0 Å². The maximum absolute atomic E-state index is 14.5. The summed E-state index contributed by atoms with van der Waals surface area (Å²) in [6, 6.07) is 16.4. The van der Waals surface area contributed by atoms with Gasteiger partial charge in [0.2, 0.25) is 23.6 Å². The van der Waals surface area contributed by atoms with E-state index >= 15 is 0 Å². The van der Waals surface area contributed by atoms with Crippen LogP contribution in [0.5, 0.6) is 0 Å². The van der Waals surface area contributed by atoms with Crippen molar-refractivity contribution in [2.45, 2.75) is 57.4 Å². The van der Waals surface area contributed by atoms with Gasteiger partial charge >= 0.3 is 0 Å². The number of hydrogen-bond acceptors (Lipinski definition) is 6. The van der Waals surface area contributed by atoms with Crippen molar-refractivity contribution in [1.29, 1.82) is 0 Å². The number of nitrogens with one attached hydrogen (secondary N) is 1. The van der Waals surface area contributed by atoms with Gasteiger partial charge in [-0.1, -0.05) is 68.4 Å². The van der Waals surface area contributed by atoms with E-state index in [-0.39, 0.29) is 25.3 Å². The number of carbonyl (C=O) groups is 2. The molecule has 3 atom stereocenters. The van der Waals surface area contributed by atoms with Gasteiger partial charge in [0.25, 0.3) is 0 Å². The monoisotopic (exact) mass is 507 g/mol. The van der Waals surface area contributed by atoms with Gasteiger partial charge < -0.3 is 19.5 Å². The number of carbonyl (C=O) groups excluding carboxylic acids is 2. The van der Waals surface area contributed by atoms with E-state index in [1.54, 1.807) is 0 Å². The Morgan fingerprint density at radius 1 is 1.03 bits per heavy atom. The summed E-state index contributed by atoms with van der Waals surface area (Å²) in [5.41, 5.74) is 3.01. The Hall–Kier alpha value is -3.59. The predicted molar refractivity (Wildman–Crippen MR) is 137 cm³/mol. The molecular formula is C28H34FN5O3. The van der Waals surface area contributed by atoms with Crippen molar-refractivity contribution in [2.75, 3.05) is 20.6 Å². The largest absolute Gasteiger partial charge is 0.423 e. The minimum atomic E-state index is -1.29. The van der Waals surface area contributed by atoms with E-state index in [2.05, 4.69) is 41.5 Å². The fraction of sp³-hybridized carbons (Fsp3) is 0.429. The van der Waals surface area contributed by atoms with Gasteiger partial charge in [-0.3, -0.25) is 9.59 Å². The molecule has 4 rings (SSSR count). The van der Waals surface area contributed by atoms with Crippen LogP contribution in [-0.4, -0.2) is 64.7 Å². The lowest BCUT2D eigenvalue weighted by molar-refractivity contribution is -0.138. The summed E-state index contributed by atoms with van der Waals surface area (Å²) in [6.07, 6.45) is -1.52. The number of aromatic nitrogens is 2. The van der Waals surface area contributed by atoms with E-state index in [0.29, 0.717) is 18.4 Å². The van der Waals surface area contributed by atoms with Crippen LogP contribution in [0.4, 0.5) is 4.39 Å². The molecule has 1 saturated heterocycles.